The molecule has 92 valence electrons. The van der Waals surface area contributed by atoms with Gasteiger partial charge >= 0.3 is 11.8 Å². The largest absolute Gasteiger partial charge is 0.466 e. The number of carbonyl (C=O) groups is 1. The standard InChI is InChI=1S/C11H14N2O4/c1-4-17-11(14)7(2)9-5-6-10(13(15)16)12-8(9)3/h5-7H,4H2,1-3H3. The molecule has 1 aromatic rings. The smallest absolute Gasteiger partial charge is 0.363 e. The minimum atomic E-state index is -0.564. The van der Waals surface area contributed by atoms with Crippen LogP contribution >= 0.6 is 0 Å². The Morgan fingerprint density at radius 2 is 2.24 bits per heavy atom. The Hall–Kier alpha value is -1.98. The van der Waals surface area contributed by atoms with Crippen molar-refractivity contribution in [2.75, 3.05) is 6.61 Å². The molecule has 0 radical (unpaired) electrons. The van der Waals surface area contributed by atoms with Crippen LogP contribution in [-0.2, 0) is 9.53 Å². The number of ether oxygens (including phenoxy) is 1. The number of pyridine rings is 1. The van der Waals surface area contributed by atoms with Crippen LogP contribution in [0.25, 0.3) is 0 Å². The third-order valence-corrected chi connectivity index (χ3v) is 2.41. The Labute approximate surface area is 98.8 Å². The summed E-state index contributed by atoms with van der Waals surface area (Å²) in [5, 5.41) is 10.5. The molecule has 1 unspecified atom stereocenters. The number of nitro groups is 1. The van der Waals surface area contributed by atoms with E-state index in [0.29, 0.717) is 17.9 Å². The Morgan fingerprint density at radius 3 is 2.71 bits per heavy atom. The van der Waals surface area contributed by atoms with Crippen molar-refractivity contribution < 1.29 is 14.5 Å². The molecule has 6 nitrogen and oxygen atoms in total. The van der Waals surface area contributed by atoms with Gasteiger partial charge in [0.05, 0.1) is 12.5 Å². The monoisotopic (exact) mass is 238 g/mol. The average Bonchev–Trinajstić information content (AvgIpc) is 2.28. The first-order valence-corrected chi connectivity index (χ1v) is 5.26. The second-order valence-corrected chi connectivity index (χ2v) is 3.57. The first kappa shape index (κ1) is 13.1. The molecule has 0 saturated heterocycles. The molecule has 0 fully saturated rings. The predicted molar refractivity (Wildman–Crippen MR) is 60.7 cm³/mol. The van der Waals surface area contributed by atoms with E-state index in [4.69, 9.17) is 4.74 Å². The number of hydrogen-bond acceptors (Lipinski definition) is 5. The molecule has 0 saturated carbocycles. The molecule has 1 aromatic heterocycles. The van der Waals surface area contributed by atoms with Gasteiger partial charge in [-0.25, -0.2) is 0 Å². The SMILES string of the molecule is CCOC(=O)C(C)c1ccc([N+](=O)[O-])nc1C. The summed E-state index contributed by atoms with van der Waals surface area (Å²) in [7, 11) is 0. The van der Waals surface area contributed by atoms with E-state index < -0.39 is 10.8 Å². The lowest BCUT2D eigenvalue weighted by molar-refractivity contribution is -0.389. The van der Waals surface area contributed by atoms with Crippen molar-refractivity contribution in [3.63, 3.8) is 0 Å². The van der Waals surface area contributed by atoms with Crippen LogP contribution in [0.4, 0.5) is 5.82 Å². The van der Waals surface area contributed by atoms with Crippen LogP contribution in [0.3, 0.4) is 0 Å². The molecule has 1 atom stereocenters. The van der Waals surface area contributed by atoms with E-state index in [0.717, 1.165) is 0 Å². The van der Waals surface area contributed by atoms with E-state index in [1.54, 1.807) is 26.8 Å². The van der Waals surface area contributed by atoms with Crippen LogP contribution in [0.5, 0.6) is 0 Å². The van der Waals surface area contributed by atoms with Gasteiger partial charge < -0.3 is 14.9 Å². The van der Waals surface area contributed by atoms with Gasteiger partial charge in [-0.2, -0.15) is 0 Å². The highest BCUT2D eigenvalue weighted by molar-refractivity contribution is 5.78. The summed E-state index contributed by atoms with van der Waals surface area (Å²) in [5.41, 5.74) is 1.12. The van der Waals surface area contributed by atoms with Crippen LogP contribution in [0.2, 0.25) is 0 Å². The molecule has 0 amide bonds. The molecular formula is C11H14N2O4. The number of aryl methyl sites for hydroxylation is 1. The molecule has 0 spiro atoms. The minimum Gasteiger partial charge on any atom is -0.466 e. The van der Waals surface area contributed by atoms with Crippen LogP contribution in [0.15, 0.2) is 12.1 Å². The Bertz CT molecular complexity index is 445. The van der Waals surface area contributed by atoms with Crippen molar-refractivity contribution in [2.45, 2.75) is 26.7 Å². The normalized spacial score (nSPS) is 11.9. The highest BCUT2D eigenvalue weighted by atomic mass is 16.6. The van der Waals surface area contributed by atoms with Crippen molar-refractivity contribution in [1.82, 2.24) is 4.98 Å². The summed E-state index contributed by atoms with van der Waals surface area (Å²) in [6.07, 6.45) is 0. The topological polar surface area (TPSA) is 82.3 Å². The Kier molecular flexibility index (Phi) is 4.14. The zero-order valence-electron chi connectivity index (χ0n) is 9.97. The lowest BCUT2D eigenvalue weighted by Crippen LogP contribution is -2.14. The number of nitrogens with zero attached hydrogens (tertiary/aromatic N) is 2. The molecule has 0 bridgehead atoms. The highest BCUT2D eigenvalue weighted by Crippen LogP contribution is 2.22. The zero-order chi connectivity index (χ0) is 13.0. The minimum absolute atomic E-state index is 0.220. The number of aromatic nitrogens is 1. The maximum atomic E-state index is 11.5. The Balaban J connectivity index is 2.99. The van der Waals surface area contributed by atoms with Crippen molar-refractivity contribution >= 4 is 11.8 Å². The summed E-state index contributed by atoms with van der Waals surface area (Å²) < 4.78 is 4.89. The zero-order valence-corrected chi connectivity index (χ0v) is 9.97. The first-order valence-electron chi connectivity index (χ1n) is 5.26. The quantitative estimate of drug-likeness (QED) is 0.455. The molecular weight excluding hydrogens is 224 g/mol. The predicted octanol–water partition coefficient (Wildman–Crippen LogP) is 1.96. The van der Waals surface area contributed by atoms with Gasteiger partial charge in [-0.05, 0) is 29.8 Å². The molecule has 1 rings (SSSR count). The van der Waals surface area contributed by atoms with E-state index in [1.807, 2.05) is 0 Å². The molecule has 0 N–H and O–H groups in total. The third kappa shape index (κ3) is 2.99. The maximum absolute atomic E-state index is 11.5. The van der Waals surface area contributed by atoms with Crippen LogP contribution in [-0.4, -0.2) is 22.5 Å². The van der Waals surface area contributed by atoms with E-state index >= 15 is 0 Å². The summed E-state index contributed by atoms with van der Waals surface area (Å²) in [6, 6.07) is 2.83. The fourth-order valence-electron chi connectivity index (χ4n) is 1.51. The van der Waals surface area contributed by atoms with Crippen molar-refractivity contribution in [3.05, 3.63) is 33.5 Å². The third-order valence-electron chi connectivity index (χ3n) is 2.41. The van der Waals surface area contributed by atoms with Gasteiger partial charge in [0.25, 0.3) is 0 Å². The number of esters is 1. The number of hydrogen-bond donors (Lipinski definition) is 0. The fraction of sp³-hybridized carbons (Fsp3) is 0.455. The molecule has 1 heterocycles. The van der Waals surface area contributed by atoms with Crippen LogP contribution in [0, 0.1) is 17.0 Å². The second kappa shape index (κ2) is 5.38. The Morgan fingerprint density at radius 1 is 1.59 bits per heavy atom. The highest BCUT2D eigenvalue weighted by Gasteiger charge is 2.22. The summed E-state index contributed by atoms with van der Waals surface area (Å²) >= 11 is 0. The second-order valence-electron chi connectivity index (χ2n) is 3.57. The molecule has 17 heavy (non-hydrogen) atoms. The average molecular weight is 238 g/mol. The summed E-state index contributed by atoms with van der Waals surface area (Å²) in [6.45, 7) is 5.36. The van der Waals surface area contributed by atoms with Gasteiger partial charge in [-0.1, -0.05) is 0 Å². The lowest BCUT2D eigenvalue weighted by atomic mass is 10.0. The summed E-state index contributed by atoms with van der Waals surface area (Å²) in [4.78, 5) is 25.3. The summed E-state index contributed by atoms with van der Waals surface area (Å²) in [5.74, 6) is -1.04. The molecule has 6 heteroatoms. The molecule has 0 aromatic carbocycles. The van der Waals surface area contributed by atoms with Crippen molar-refractivity contribution in [1.29, 1.82) is 0 Å². The van der Waals surface area contributed by atoms with E-state index in [-0.39, 0.29) is 11.8 Å². The van der Waals surface area contributed by atoms with Crippen LogP contribution < -0.4 is 0 Å². The van der Waals surface area contributed by atoms with Gasteiger partial charge in [-0.15, -0.1) is 0 Å². The van der Waals surface area contributed by atoms with E-state index in [9.17, 15) is 14.9 Å². The molecule has 0 aliphatic rings. The van der Waals surface area contributed by atoms with E-state index in [1.165, 1.54) is 6.07 Å². The van der Waals surface area contributed by atoms with E-state index in [2.05, 4.69) is 4.98 Å². The van der Waals surface area contributed by atoms with Gasteiger partial charge in [0, 0.05) is 18.6 Å². The van der Waals surface area contributed by atoms with Gasteiger partial charge in [-0.3, -0.25) is 4.79 Å². The van der Waals surface area contributed by atoms with Gasteiger partial charge in [0.2, 0.25) is 0 Å². The fourth-order valence-corrected chi connectivity index (χ4v) is 1.51. The molecule has 0 aliphatic heterocycles. The van der Waals surface area contributed by atoms with Gasteiger partial charge in [0.15, 0.2) is 5.69 Å². The van der Waals surface area contributed by atoms with Crippen LogP contribution in [0.1, 0.15) is 31.0 Å². The first-order chi connectivity index (χ1) is 7.97. The molecule has 0 aliphatic carbocycles. The van der Waals surface area contributed by atoms with Crippen molar-refractivity contribution in [3.8, 4) is 0 Å². The van der Waals surface area contributed by atoms with Crippen molar-refractivity contribution in [2.24, 2.45) is 0 Å². The van der Waals surface area contributed by atoms with Gasteiger partial charge in [0.1, 0.15) is 0 Å². The number of rotatable bonds is 4. The lowest BCUT2D eigenvalue weighted by Gasteiger charge is -2.10. The maximum Gasteiger partial charge on any atom is 0.363 e. The number of carbonyl (C=O) groups excluding carboxylic acids is 1.